The zero-order chi connectivity index (χ0) is 92.3. The Bertz CT molecular complexity index is 9510. The number of hydrogen-bond donors (Lipinski definition) is 0. The van der Waals surface area contributed by atoms with E-state index in [1.807, 2.05) is 249 Å². The van der Waals surface area contributed by atoms with Crippen LogP contribution in [0.2, 0.25) is 0 Å². The minimum atomic E-state index is 0.481. The predicted octanol–water partition coefficient (Wildman–Crippen LogP) is 30.8. The lowest BCUT2D eigenvalue weighted by atomic mass is 10.0. The molecule has 0 aliphatic carbocycles. The van der Waals surface area contributed by atoms with E-state index in [1.165, 1.54) is 10.8 Å². The maximum atomic E-state index is 11.0. The Morgan fingerprint density at radius 1 is 0.210 bits per heavy atom. The minimum absolute atomic E-state index is 0.481. The van der Waals surface area contributed by atoms with Gasteiger partial charge in [0.1, 0.15) is 0 Å². The third-order valence-electron chi connectivity index (χ3n) is 26.6. The second-order valence-corrected chi connectivity index (χ2v) is 34.2. The van der Waals surface area contributed by atoms with Gasteiger partial charge in [0.05, 0.1) is 149 Å². The highest BCUT2D eigenvalue weighted by Crippen LogP contribution is 2.47. The Morgan fingerprint density at radius 2 is 0.507 bits per heavy atom. The molecule has 0 amide bonds. The number of fused-ring (bicyclic) bond motifs is 18. The molecule has 18 aromatic carbocycles. The van der Waals surface area contributed by atoms with Crippen LogP contribution >= 0.6 is 0 Å². The summed E-state index contributed by atoms with van der Waals surface area (Å²) in [5, 5.41) is 43.2. The Morgan fingerprint density at radius 3 is 0.899 bits per heavy atom. The van der Waals surface area contributed by atoms with Crippen molar-refractivity contribution in [2.75, 3.05) is 0 Å². The van der Waals surface area contributed by atoms with E-state index < -0.39 is 0 Å². The molecule has 0 fully saturated rings. The van der Waals surface area contributed by atoms with Crippen molar-refractivity contribution in [3.63, 3.8) is 0 Å². The first-order chi connectivity index (χ1) is 68.1. The number of aromatic nitrogens is 10. The Labute approximate surface area is 789 Å². The smallest absolute Gasteiger partial charge is 0.211 e. The van der Waals surface area contributed by atoms with Crippen molar-refractivity contribution in [3.05, 3.63) is 463 Å². The standard InChI is InChI=1S/2C61H34N8/c1-63-42-23-28-57-48(33-42)46-18-10-12-20-55(46)68(57)44-25-30-59-50(35-44)49-34-43(67-54-19-11-9-17-45(54)47-31-38(37-62)21-26-56(47)67)24-29-58(49)69(59)60-27-22-41(32-53(60)64-2)52-36-51(39-13-5-3-6-14-39)65-61(66-52)40-15-7-4-8-16-40;1-64-42-21-27-58-50(32-42)49-30-38(36-62)20-26-57(49)69(58)45-24-29-60-52(34-45)51-33-44(68-55-18-10-8-16-47(55)48-17-9-11-19-56(48)68)23-28-59(51)67(60)43-22-25-46(41(31-43)37-63)54-35-53(39-12-4-2-5-13-39)65-61(66-54)40-14-6-3-7-15-40/h3-36H;2-35H. The largest absolute Gasteiger partial charge is 0.319 e. The second-order valence-electron chi connectivity index (χ2n) is 34.2. The van der Waals surface area contributed by atoms with Gasteiger partial charge in [-0.05, 0) is 217 Å². The molecular formula is C122H68N16. The summed E-state index contributed by atoms with van der Waals surface area (Å²) in [4.78, 5) is 31.8. The molecule has 0 spiro atoms. The summed E-state index contributed by atoms with van der Waals surface area (Å²) in [6.07, 6.45) is 0. The first-order valence-electron chi connectivity index (χ1n) is 45.1. The van der Waals surface area contributed by atoms with E-state index in [0.717, 1.165) is 199 Å². The molecule has 26 rings (SSSR count). The first kappa shape index (κ1) is 80.0. The molecule has 16 heteroatoms. The minimum Gasteiger partial charge on any atom is -0.319 e. The van der Waals surface area contributed by atoms with Gasteiger partial charge in [0, 0.05) is 110 Å². The summed E-state index contributed by atoms with van der Waals surface area (Å²) in [7, 11) is 0. The topological polar surface area (TPSA) is 166 Å². The van der Waals surface area contributed by atoms with Crippen molar-refractivity contribution in [1.29, 1.82) is 15.8 Å². The fraction of sp³-hybridized carbons (Fsp3) is 0. The van der Waals surface area contributed by atoms with Crippen molar-refractivity contribution >= 4 is 148 Å². The third-order valence-corrected chi connectivity index (χ3v) is 26.6. The fourth-order valence-electron chi connectivity index (χ4n) is 20.4. The lowest BCUT2D eigenvalue weighted by molar-refractivity contribution is 1.15. The van der Waals surface area contributed by atoms with E-state index in [9.17, 15) is 15.8 Å². The lowest BCUT2D eigenvalue weighted by Crippen LogP contribution is -1.99. The van der Waals surface area contributed by atoms with Gasteiger partial charge in [-0.3, -0.25) is 0 Å². The van der Waals surface area contributed by atoms with Crippen LogP contribution in [0.4, 0.5) is 17.1 Å². The molecule has 0 unspecified atom stereocenters. The number of nitriles is 3. The predicted molar refractivity (Wildman–Crippen MR) is 556 cm³/mol. The maximum Gasteiger partial charge on any atom is 0.211 e. The van der Waals surface area contributed by atoms with Crippen LogP contribution in [0.3, 0.4) is 0 Å². The molecule has 0 saturated heterocycles. The third kappa shape index (κ3) is 13.1. The normalized spacial score (nSPS) is 11.4. The summed E-state index contributed by atoms with van der Waals surface area (Å²) < 4.78 is 13.6. The zero-order valence-corrected chi connectivity index (χ0v) is 73.4. The fourth-order valence-corrected chi connectivity index (χ4v) is 20.4. The molecule has 0 bridgehead atoms. The van der Waals surface area contributed by atoms with Gasteiger partial charge in [0.25, 0.3) is 0 Å². The molecule has 0 aliphatic rings. The molecule has 0 aliphatic heterocycles. The van der Waals surface area contributed by atoms with Crippen LogP contribution < -0.4 is 0 Å². The molecule has 0 N–H and O–H groups in total. The molecule has 138 heavy (non-hydrogen) atoms. The van der Waals surface area contributed by atoms with Crippen LogP contribution in [-0.2, 0) is 0 Å². The Hall–Kier alpha value is -20.1. The summed E-state index contributed by atoms with van der Waals surface area (Å²) in [6, 6.07) is 147. The highest BCUT2D eigenvalue weighted by molar-refractivity contribution is 6.18. The molecule has 0 saturated carbocycles. The molecule has 8 heterocycles. The van der Waals surface area contributed by atoms with Crippen LogP contribution in [0.15, 0.2) is 413 Å². The van der Waals surface area contributed by atoms with Crippen molar-refractivity contribution in [2.45, 2.75) is 0 Å². The lowest BCUT2D eigenvalue weighted by Gasteiger charge is -2.14. The van der Waals surface area contributed by atoms with E-state index >= 15 is 0 Å². The molecule has 8 aromatic heterocycles. The van der Waals surface area contributed by atoms with Crippen LogP contribution in [0.25, 0.3) is 247 Å². The number of hydrogen-bond acceptors (Lipinski definition) is 7. The highest BCUT2D eigenvalue weighted by atomic mass is 15.0. The summed E-state index contributed by atoms with van der Waals surface area (Å²) in [6.45, 7) is 24.2. The monoisotopic (exact) mass is 1760 g/mol. The van der Waals surface area contributed by atoms with E-state index in [2.05, 4.69) is 224 Å². The van der Waals surface area contributed by atoms with Gasteiger partial charge in [-0.25, -0.2) is 34.5 Å². The van der Waals surface area contributed by atoms with Gasteiger partial charge in [0.15, 0.2) is 23.0 Å². The number of nitrogens with zero attached hydrogens (tertiary/aromatic N) is 16. The van der Waals surface area contributed by atoms with Crippen molar-refractivity contribution < 1.29 is 0 Å². The molecule has 0 atom stereocenters. The van der Waals surface area contributed by atoms with Gasteiger partial charge in [0.2, 0.25) is 5.69 Å². The molecule has 0 radical (unpaired) electrons. The van der Waals surface area contributed by atoms with E-state index in [-0.39, 0.29) is 0 Å². The average molecular weight is 1760 g/mol. The molecule has 636 valence electrons. The zero-order valence-electron chi connectivity index (χ0n) is 73.4. The molecule has 26 aromatic rings. The number of benzene rings is 18. The van der Waals surface area contributed by atoms with E-state index in [0.29, 0.717) is 56.7 Å². The van der Waals surface area contributed by atoms with Crippen molar-refractivity contribution in [3.8, 4) is 120 Å². The van der Waals surface area contributed by atoms with Gasteiger partial charge in [-0.15, -0.1) is 0 Å². The van der Waals surface area contributed by atoms with Gasteiger partial charge < -0.3 is 27.4 Å². The highest BCUT2D eigenvalue weighted by Gasteiger charge is 2.27. The van der Waals surface area contributed by atoms with E-state index in [1.54, 1.807) is 0 Å². The number of rotatable bonds is 12. The second kappa shape index (κ2) is 32.5. The first-order valence-corrected chi connectivity index (χ1v) is 45.1. The SMILES string of the molecule is [C-]#[N+]c1ccc2c(c1)c1cc(C#N)ccc1n2-c1ccc2c(c1)c1cc(-n3c4ccccc4c4ccccc43)ccc1n2-c1ccc(-c2cc(-c3ccccc3)nc(-c3ccccc3)n2)c(C#N)c1.[C-]#[N+]c1ccc2c(c1)c1ccccc1n2-c1ccc2c(c1)c1cc(-n3c4ccccc4c4cc(C#N)ccc43)ccc1n2-c1ccc(-c2cc(-c3ccccc3)nc(-c3ccccc3)n2)cc1[N+]#[C-]. The van der Waals surface area contributed by atoms with Crippen LogP contribution in [0.5, 0.6) is 0 Å². The van der Waals surface area contributed by atoms with Gasteiger partial charge in [-0.1, -0.05) is 212 Å². The molecular weight excluding hydrogens is 1690 g/mol. The average Bonchev–Trinajstić information content (AvgIpc) is 1.56. The van der Waals surface area contributed by atoms with E-state index in [4.69, 9.17) is 39.7 Å². The summed E-state index contributed by atoms with van der Waals surface area (Å²) in [5.74, 6) is 1.19. The van der Waals surface area contributed by atoms with Crippen LogP contribution in [-0.4, -0.2) is 47.3 Å². The summed E-state index contributed by atoms with van der Waals surface area (Å²) >= 11 is 0. The Balaban J connectivity index is 0.000000146. The van der Waals surface area contributed by atoms with Crippen molar-refractivity contribution in [1.82, 2.24) is 47.3 Å². The van der Waals surface area contributed by atoms with Crippen molar-refractivity contribution in [2.24, 2.45) is 0 Å². The molecule has 16 nitrogen and oxygen atoms in total. The van der Waals surface area contributed by atoms with Crippen LogP contribution in [0, 0.1) is 53.7 Å². The number of para-hydroxylation sites is 4. The van der Waals surface area contributed by atoms with Gasteiger partial charge >= 0.3 is 0 Å². The summed E-state index contributed by atoms with van der Waals surface area (Å²) in [5.41, 5.74) is 29.0. The quantitative estimate of drug-likeness (QED) is 0.110. The maximum absolute atomic E-state index is 11.0. The van der Waals surface area contributed by atoms with Crippen LogP contribution in [0.1, 0.15) is 16.7 Å². The Kier molecular flexibility index (Phi) is 18.8. The van der Waals surface area contributed by atoms with Gasteiger partial charge in [-0.2, -0.15) is 15.8 Å².